The van der Waals surface area contributed by atoms with Crippen molar-refractivity contribution in [2.45, 2.75) is 50.5 Å². The molecule has 3 rings (SSSR count). The smallest absolute Gasteiger partial charge is 0.244 e. The number of piperidine rings is 1. The second kappa shape index (κ2) is 10.8. The van der Waals surface area contributed by atoms with Crippen LogP contribution in [-0.2, 0) is 19.6 Å². The van der Waals surface area contributed by atoms with Crippen molar-refractivity contribution in [3.05, 3.63) is 65.7 Å². The lowest BCUT2D eigenvalue weighted by Gasteiger charge is -2.31. The third kappa shape index (κ3) is 6.76. The van der Waals surface area contributed by atoms with Crippen molar-refractivity contribution in [3.63, 3.8) is 0 Å². The van der Waals surface area contributed by atoms with Crippen LogP contribution in [0.25, 0.3) is 6.08 Å². The minimum Gasteiger partial charge on any atom is -0.350 e. The highest BCUT2D eigenvalue weighted by Gasteiger charge is 2.29. The van der Waals surface area contributed by atoms with Crippen LogP contribution in [0, 0.1) is 0 Å². The quantitative estimate of drug-likeness (QED) is 0.604. The van der Waals surface area contributed by atoms with E-state index in [4.69, 9.17) is 0 Å². The standard InChI is InChI=1S/C25H31N3O4S/c1-18(2)21-7-4-20(5-8-21)6-13-25(30)27-23-14-16-28(17-15-23)33(31,32)24-11-9-22(10-12-24)26-19(3)29/h4-13,18,23H,14-17H2,1-3H3,(H,26,29)(H,27,30)/b13-6+. The number of carbonyl (C=O) groups excluding carboxylic acids is 2. The molecule has 0 radical (unpaired) electrons. The molecule has 2 aromatic carbocycles. The van der Waals surface area contributed by atoms with E-state index in [9.17, 15) is 18.0 Å². The number of benzene rings is 2. The van der Waals surface area contributed by atoms with Gasteiger partial charge < -0.3 is 10.6 Å². The summed E-state index contributed by atoms with van der Waals surface area (Å²) in [6, 6.07) is 14.2. The predicted molar refractivity (Wildman–Crippen MR) is 130 cm³/mol. The van der Waals surface area contributed by atoms with E-state index in [1.807, 2.05) is 12.1 Å². The first kappa shape index (κ1) is 24.7. The van der Waals surface area contributed by atoms with Crippen LogP contribution in [0.5, 0.6) is 0 Å². The summed E-state index contributed by atoms with van der Waals surface area (Å²) in [4.78, 5) is 23.6. The molecule has 0 spiro atoms. The van der Waals surface area contributed by atoms with Crippen molar-refractivity contribution in [2.24, 2.45) is 0 Å². The molecule has 0 aromatic heterocycles. The first-order valence-corrected chi connectivity index (χ1v) is 12.6. The molecule has 0 unspecified atom stereocenters. The number of rotatable bonds is 7. The Kier molecular flexibility index (Phi) is 8.05. The maximum atomic E-state index is 12.9. The number of carbonyl (C=O) groups is 2. The molecule has 1 aliphatic heterocycles. The molecular weight excluding hydrogens is 438 g/mol. The fourth-order valence-electron chi connectivity index (χ4n) is 3.72. The van der Waals surface area contributed by atoms with Gasteiger partial charge in [0.05, 0.1) is 4.90 Å². The molecule has 8 heteroatoms. The lowest BCUT2D eigenvalue weighted by atomic mass is 10.0. The number of anilines is 1. The Bertz CT molecular complexity index is 1100. The normalized spacial score (nSPS) is 15.6. The van der Waals surface area contributed by atoms with Gasteiger partial charge >= 0.3 is 0 Å². The van der Waals surface area contributed by atoms with Gasteiger partial charge in [-0.05, 0) is 60.2 Å². The van der Waals surface area contributed by atoms with E-state index in [1.54, 1.807) is 18.2 Å². The third-order valence-corrected chi connectivity index (χ3v) is 7.56. The summed E-state index contributed by atoms with van der Waals surface area (Å²) in [5.74, 6) is 0.0653. The molecule has 0 bridgehead atoms. The summed E-state index contributed by atoms with van der Waals surface area (Å²) in [6.07, 6.45) is 4.39. The molecule has 7 nitrogen and oxygen atoms in total. The van der Waals surface area contributed by atoms with Gasteiger partial charge in [-0.1, -0.05) is 38.1 Å². The predicted octanol–water partition coefficient (Wildman–Crippen LogP) is 3.75. The van der Waals surface area contributed by atoms with E-state index in [0.717, 1.165) is 5.56 Å². The first-order valence-electron chi connectivity index (χ1n) is 11.1. The Morgan fingerprint density at radius 1 is 1.00 bits per heavy atom. The maximum Gasteiger partial charge on any atom is 0.244 e. The number of nitrogens with one attached hydrogen (secondary N) is 2. The summed E-state index contributed by atoms with van der Waals surface area (Å²) in [7, 11) is -3.62. The monoisotopic (exact) mass is 469 g/mol. The zero-order chi connectivity index (χ0) is 24.0. The summed E-state index contributed by atoms with van der Waals surface area (Å²) < 4.78 is 27.3. The highest BCUT2D eigenvalue weighted by atomic mass is 32.2. The summed E-state index contributed by atoms with van der Waals surface area (Å²) >= 11 is 0. The molecule has 2 aromatic rings. The van der Waals surface area contributed by atoms with Crippen LogP contribution in [0.3, 0.4) is 0 Å². The Morgan fingerprint density at radius 2 is 1.61 bits per heavy atom. The second-order valence-electron chi connectivity index (χ2n) is 8.55. The van der Waals surface area contributed by atoms with Crippen molar-refractivity contribution in [3.8, 4) is 0 Å². The van der Waals surface area contributed by atoms with E-state index in [-0.39, 0.29) is 22.8 Å². The van der Waals surface area contributed by atoms with Crippen molar-refractivity contribution < 1.29 is 18.0 Å². The molecular formula is C25H31N3O4S. The van der Waals surface area contributed by atoms with Crippen molar-refractivity contribution in [2.75, 3.05) is 18.4 Å². The fraction of sp³-hybridized carbons (Fsp3) is 0.360. The second-order valence-corrected chi connectivity index (χ2v) is 10.5. The SMILES string of the molecule is CC(=O)Nc1ccc(S(=O)(=O)N2CCC(NC(=O)/C=C/c3ccc(C(C)C)cc3)CC2)cc1. The van der Waals surface area contributed by atoms with Crippen molar-refractivity contribution in [1.82, 2.24) is 9.62 Å². The summed E-state index contributed by atoms with van der Waals surface area (Å²) in [5.41, 5.74) is 2.76. The lowest BCUT2D eigenvalue weighted by molar-refractivity contribution is -0.117. The zero-order valence-electron chi connectivity index (χ0n) is 19.2. The van der Waals surface area contributed by atoms with E-state index < -0.39 is 10.0 Å². The van der Waals surface area contributed by atoms with Crippen LogP contribution in [0.2, 0.25) is 0 Å². The van der Waals surface area contributed by atoms with Crippen LogP contribution in [0.4, 0.5) is 5.69 Å². The average molecular weight is 470 g/mol. The number of hydrogen-bond donors (Lipinski definition) is 2. The molecule has 33 heavy (non-hydrogen) atoms. The number of hydrogen-bond acceptors (Lipinski definition) is 4. The Hall–Kier alpha value is -2.97. The molecule has 1 fully saturated rings. The van der Waals surface area contributed by atoms with Gasteiger partial charge in [0.1, 0.15) is 0 Å². The van der Waals surface area contributed by atoms with Crippen molar-refractivity contribution >= 4 is 33.6 Å². The first-order chi connectivity index (χ1) is 15.6. The van der Waals surface area contributed by atoms with Gasteiger partial charge in [-0.25, -0.2) is 8.42 Å². The minimum atomic E-state index is -3.62. The Morgan fingerprint density at radius 3 is 2.15 bits per heavy atom. The fourth-order valence-corrected chi connectivity index (χ4v) is 5.19. The number of nitrogens with zero attached hydrogens (tertiary/aromatic N) is 1. The lowest BCUT2D eigenvalue weighted by Crippen LogP contribution is -2.46. The van der Waals surface area contributed by atoms with Gasteiger partial charge in [-0.2, -0.15) is 4.31 Å². The van der Waals surface area contributed by atoms with Crippen LogP contribution in [0.1, 0.15) is 50.7 Å². The summed E-state index contributed by atoms with van der Waals surface area (Å²) in [6.45, 7) is 6.34. The van der Waals surface area contributed by atoms with Crippen LogP contribution in [0.15, 0.2) is 59.5 Å². The van der Waals surface area contributed by atoms with Gasteiger partial charge in [0.15, 0.2) is 0 Å². The third-order valence-electron chi connectivity index (χ3n) is 5.64. The van der Waals surface area contributed by atoms with E-state index in [0.29, 0.717) is 37.5 Å². The van der Waals surface area contributed by atoms with Crippen molar-refractivity contribution in [1.29, 1.82) is 0 Å². The van der Waals surface area contributed by atoms with E-state index in [1.165, 1.54) is 35.0 Å². The largest absolute Gasteiger partial charge is 0.350 e. The molecule has 2 amide bonds. The summed E-state index contributed by atoms with van der Waals surface area (Å²) in [5, 5.41) is 5.59. The molecule has 0 aliphatic carbocycles. The molecule has 0 saturated carbocycles. The van der Waals surface area contributed by atoms with Crippen LogP contribution >= 0.6 is 0 Å². The highest BCUT2D eigenvalue weighted by Crippen LogP contribution is 2.22. The van der Waals surface area contributed by atoms with E-state index in [2.05, 4.69) is 36.6 Å². The molecule has 0 atom stereocenters. The topological polar surface area (TPSA) is 95.6 Å². The Balaban J connectivity index is 1.51. The molecule has 1 aliphatic rings. The molecule has 1 heterocycles. The number of sulfonamides is 1. The van der Waals surface area contributed by atoms with Gasteiger partial charge in [-0.15, -0.1) is 0 Å². The van der Waals surface area contributed by atoms with Gasteiger partial charge in [-0.3, -0.25) is 9.59 Å². The molecule has 1 saturated heterocycles. The molecule has 176 valence electrons. The average Bonchev–Trinajstić information content (AvgIpc) is 2.78. The van der Waals surface area contributed by atoms with Gasteiger partial charge in [0.25, 0.3) is 0 Å². The van der Waals surface area contributed by atoms with Gasteiger partial charge in [0, 0.05) is 37.8 Å². The zero-order valence-corrected chi connectivity index (χ0v) is 20.1. The van der Waals surface area contributed by atoms with E-state index >= 15 is 0 Å². The minimum absolute atomic E-state index is 0.0703. The Labute approximate surface area is 195 Å². The maximum absolute atomic E-state index is 12.9. The molecule has 2 N–H and O–H groups in total. The van der Waals surface area contributed by atoms with Crippen LogP contribution in [-0.4, -0.2) is 43.7 Å². The highest BCUT2D eigenvalue weighted by molar-refractivity contribution is 7.89. The van der Waals surface area contributed by atoms with Crippen LogP contribution < -0.4 is 10.6 Å². The van der Waals surface area contributed by atoms with Gasteiger partial charge in [0.2, 0.25) is 21.8 Å². The number of amides is 2.